The second kappa shape index (κ2) is 7.46. The Morgan fingerprint density at radius 1 is 1.11 bits per heavy atom. The van der Waals surface area contributed by atoms with Crippen molar-refractivity contribution in [3.05, 3.63) is 75.7 Å². The van der Waals surface area contributed by atoms with E-state index in [2.05, 4.69) is 31.5 Å². The summed E-state index contributed by atoms with van der Waals surface area (Å²) >= 11 is 3.09. The number of anilines is 1. The number of benzene rings is 1. The van der Waals surface area contributed by atoms with Gasteiger partial charge in [0.2, 0.25) is 5.13 Å². The maximum absolute atomic E-state index is 12.8. The van der Waals surface area contributed by atoms with Gasteiger partial charge in [0.05, 0.1) is 12.1 Å². The number of carbonyl (C=O) groups is 1. The van der Waals surface area contributed by atoms with Crippen molar-refractivity contribution in [1.29, 1.82) is 0 Å². The van der Waals surface area contributed by atoms with Crippen LogP contribution in [0, 0.1) is 13.8 Å². The largest absolute Gasteiger partial charge is 0.343 e. The number of hydrogen-bond donors (Lipinski definition) is 1. The summed E-state index contributed by atoms with van der Waals surface area (Å²) in [6, 6.07) is 15.9. The summed E-state index contributed by atoms with van der Waals surface area (Å²) in [5.74, 6) is -0.156. The fourth-order valence-electron chi connectivity index (χ4n) is 2.97. The van der Waals surface area contributed by atoms with Crippen molar-refractivity contribution < 1.29 is 4.79 Å². The average Bonchev–Trinajstić information content (AvgIpc) is 3.40. The number of aromatic nitrogens is 3. The lowest BCUT2D eigenvalue weighted by atomic mass is 10.2. The van der Waals surface area contributed by atoms with Gasteiger partial charge in [-0.05, 0) is 31.4 Å². The Balaban J connectivity index is 1.53. The molecule has 7 heteroatoms. The van der Waals surface area contributed by atoms with Gasteiger partial charge in [0.1, 0.15) is 5.01 Å². The number of thiophene rings is 1. The lowest BCUT2D eigenvalue weighted by Crippen LogP contribution is -2.13. The van der Waals surface area contributed by atoms with Gasteiger partial charge in [0.15, 0.2) is 0 Å². The Bertz CT molecular complexity index is 1070. The highest BCUT2D eigenvalue weighted by atomic mass is 32.1. The second-order valence-electron chi connectivity index (χ2n) is 6.18. The van der Waals surface area contributed by atoms with Crippen molar-refractivity contribution in [3.63, 3.8) is 0 Å². The van der Waals surface area contributed by atoms with Crippen LogP contribution in [0.25, 0.3) is 10.6 Å². The minimum atomic E-state index is -0.156. The SMILES string of the molecule is Cc1cc(C(=O)Nc2nnc(-c3ccccc3)s2)c(C)n1Cc1cccs1. The first-order chi connectivity index (χ1) is 13.1. The quantitative estimate of drug-likeness (QED) is 0.519. The van der Waals surface area contributed by atoms with Crippen LogP contribution in [0.3, 0.4) is 0 Å². The highest BCUT2D eigenvalue weighted by molar-refractivity contribution is 7.18. The Morgan fingerprint density at radius 2 is 1.93 bits per heavy atom. The predicted octanol–water partition coefficient (Wildman–Crippen LogP) is 4.99. The molecule has 136 valence electrons. The van der Waals surface area contributed by atoms with Crippen molar-refractivity contribution >= 4 is 33.7 Å². The van der Waals surface area contributed by atoms with Gasteiger partial charge in [-0.3, -0.25) is 10.1 Å². The zero-order valence-corrected chi connectivity index (χ0v) is 16.6. The second-order valence-corrected chi connectivity index (χ2v) is 8.19. The summed E-state index contributed by atoms with van der Waals surface area (Å²) in [6.07, 6.45) is 0. The summed E-state index contributed by atoms with van der Waals surface area (Å²) < 4.78 is 2.16. The van der Waals surface area contributed by atoms with Crippen LogP contribution in [0.5, 0.6) is 0 Å². The maximum atomic E-state index is 12.8. The predicted molar refractivity (Wildman–Crippen MR) is 111 cm³/mol. The molecular weight excluding hydrogens is 376 g/mol. The molecule has 1 N–H and O–H groups in total. The molecular formula is C20H18N4OS2. The standard InChI is InChI=1S/C20H18N4OS2/c1-13-11-17(14(2)24(13)12-16-9-6-10-26-16)18(25)21-20-23-22-19(27-20)15-7-4-3-5-8-15/h3-11H,12H2,1-2H3,(H,21,23,25). The molecule has 0 saturated heterocycles. The summed E-state index contributed by atoms with van der Waals surface area (Å²) in [4.78, 5) is 14.0. The molecule has 0 aliphatic heterocycles. The van der Waals surface area contributed by atoms with Crippen LogP contribution in [-0.2, 0) is 6.54 Å². The van der Waals surface area contributed by atoms with Crippen LogP contribution in [0.2, 0.25) is 0 Å². The Hall–Kier alpha value is -2.77. The summed E-state index contributed by atoms with van der Waals surface area (Å²) in [7, 11) is 0. The molecule has 0 spiro atoms. The van der Waals surface area contributed by atoms with E-state index in [4.69, 9.17) is 0 Å². The van der Waals surface area contributed by atoms with E-state index in [1.165, 1.54) is 16.2 Å². The first-order valence-corrected chi connectivity index (χ1v) is 10.2. The molecule has 4 rings (SSSR count). The van der Waals surface area contributed by atoms with Crippen LogP contribution < -0.4 is 5.32 Å². The molecule has 3 heterocycles. The lowest BCUT2D eigenvalue weighted by Gasteiger charge is -2.08. The van der Waals surface area contributed by atoms with Gasteiger partial charge >= 0.3 is 0 Å². The molecule has 5 nitrogen and oxygen atoms in total. The monoisotopic (exact) mass is 394 g/mol. The number of amides is 1. The van der Waals surface area contributed by atoms with Gasteiger partial charge in [-0.15, -0.1) is 21.5 Å². The Labute approximate surface area is 165 Å². The van der Waals surface area contributed by atoms with Crippen molar-refractivity contribution in [2.45, 2.75) is 20.4 Å². The molecule has 1 amide bonds. The summed E-state index contributed by atoms with van der Waals surface area (Å²) in [5, 5.41) is 14.5. The molecule has 0 bridgehead atoms. The van der Waals surface area contributed by atoms with Crippen LogP contribution in [0.15, 0.2) is 53.9 Å². The van der Waals surface area contributed by atoms with Crippen LogP contribution in [0.4, 0.5) is 5.13 Å². The fraction of sp³-hybridized carbons (Fsp3) is 0.150. The zero-order chi connectivity index (χ0) is 18.8. The van der Waals surface area contributed by atoms with Crippen molar-refractivity contribution in [3.8, 4) is 10.6 Å². The van der Waals surface area contributed by atoms with Gasteiger partial charge < -0.3 is 4.57 Å². The van der Waals surface area contributed by atoms with Crippen molar-refractivity contribution in [2.24, 2.45) is 0 Å². The van der Waals surface area contributed by atoms with E-state index in [-0.39, 0.29) is 5.91 Å². The maximum Gasteiger partial charge on any atom is 0.259 e. The lowest BCUT2D eigenvalue weighted by molar-refractivity contribution is 0.102. The van der Waals surface area contributed by atoms with Gasteiger partial charge in [-0.2, -0.15) is 0 Å². The van der Waals surface area contributed by atoms with Gasteiger partial charge in [0.25, 0.3) is 5.91 Å². The van der Waals surface area contributed by atoms with E-state index in [0.29, 0.717) is 10.7 Å². The van der Waals surface area contributed by atoms with Gasteiger partial charge in [-0.1, -0.05) is 47.7 Å². The highest BCUT2D eigenvalue weighted by Crippen LogP contribution is 2.27. The highest BCUT2D eigenvalue weighted by Gasteiger charge is 2.18. The third-order valence-electron chi connectivity index (χ3n) is 4.38. The Morgan fingerprint density at radius 3 is 2.67 bits per heavy atom. The number of rotatable bonds is 5. The third kappa shape index (κ3) is 3.70. The molecule has 27 heavy (non-hydrogen) atoms. The molecule has 3 aromatic heterocycles. The average molecular weight is 395 g/mol. The molecule has 1 aromatic carbocycles. The molecule has 0 aliphatic rings. The van der Waals surface area contributed by atoms with E-state index < -0.39 is 0 Å². The number of hydrogen-bond acceptors (Lipinski definition) is 5. The zero-order valence-electron chi connectivity index (χ0n) is 15.0. The van der Waals surface area contributed by atoms with E-state index in [1.807, 2.05) is 56.3 Å². The molecule has 0 unspecified atom stereocenters. The smallest absolute Gasteiger partial charge is 0.259 e. The van der Waals surface area contributed by atoms with Gasteiger partial charge in [0, 0.05) is 21.8 Å². The van der Waals surface area contributed by atoms with E-state index in [0.717, 1.165) is 28.5 Å². The first-order valence-electron chi connectivity index (χ1n) is 8.51. The number of carbonyl (C=O) groups excluding carboxylic acids is 1. The van der Waals surface area contributed by atoms with Gasteiger partial charge in [-0.25, -0.2) is 0 Å². The number of nitrogens with one attached hydrogen (secondary N) is 1. The van der Waals surface area contributed by atoms with Crippen molar-refractivity contribution in [2.75, 3.05) is 5.32 Å². The molecule has 0 saturated carbocycles. The van der Waals surface area contributed by atoms with Crippen LogP contribution in [0.1, 0.15) is 26.6 Å². The molecule has 0 radical (unpaired) electrons. The van der Waals surface area contributed by atoms with Crippen molar-refractivity contribution in [1.82, 2.24) is 14.8 Å². The Kier molecular flexibility index (Phi) is 4.87. The number of nitrogens with zero attached hydrogens (tertiary/aromatic N) is 3. The summed E-state index contributed by atoms with van der Waals surface area (Å²) in [5.41, 5.74) is 3.67. The normalized spacial score (nSPS) is 10.9. The minimum absolute atomic E-state index is 0.156. The third-order valence-corrected chi connectivity index (χ3v) is 6.13. The molecule has 0 atom stereocenters. The van der Waals surface area contributed by atoms with Crippen LogP contribution >= 0.6 is 22.7 Å². The molecule has 4 aromatic rings. The minimum Gasteiger partial charge on any atom is -0.343 e. The topological polar surface area (TPSA) is 59.8 Å². The fourth-order valence-corrected chi connectivity index (χ4v) is 4.41. The summed E-state index contributed by atoms with van der Waals surface area (Å²) in [6.45, 7) is 4.78. The van der Waals surface area contributed by atoms with Crippen LogP contribution in [-0.4, -0.2) is 20.7 Å². The first kappa shape index (κ1) is 17.6. The number of aryl methyl sites for hydroxylation is 1. The molecule has 0 fully saturated rings. The van der Waals surface area contributed by atoms with E-state index >= 15 is 0 Å². The molecule has 0 aliphatic carbocycles. The van der Waals surface area contributed by atoms with E-state index in [1.54, 1.807) is 11.3 Å². The van der Waals surface area contributed by atoms with E-state index in [9.17, 15) is 4.79 Å².